The van der Waals surface area contributed by atoms with E-state index in [-0.39, 0.29) is 5.91 Å². The van der Waals surface area contributed by atoms with Crippen LogP contribution in [0.25, 0.3) is 0 Å². The Bertz CT molecular complexity index is 651. The van der Waals surface area contributed by atoms with Gasteiger partial charge in [0.1, 0.15) is 0 Å². The maximum atomic E-state index is 12.5. The van der Waals surface area contributed by atoms with E-state index in [9.17, 15) is 4.79 Å². The molecule has 4 heteroatoms. The van der Waals surface area contributed by atoms with Crippen LogP contribution >= 0.6 is 0 Å². The third-order valence-corrected chi connectivity index (χ3v) is 4.83. The first-order valence-corrected chi connectivity index (χ1v) is 9.02. The van der Waals surface area contributed by atoms with Crippen molar-refractivity contribution in [3.63, 3.8) is 0 Å². The molecule has 2 aromatic carbocycles. The SMILES string of the molecule is CN(CCC(=O)N1CCN(Cc2ccccc2)CC1)c1ccccc1. The Kier molecular flexibility index (Phi) is 6.07. The molecule has 2 aromatic rings. The molecule has 0 aromatic heterocycles. The second-order valence-corrected chi connectivity index (χ2v) is 6.65. The van der Waals surface area contributed by atoms with Crippen LogP contribution in [0.2, 0.25) is 0 Å². The maximum absolute atomic E-state index is 12.5. The number of carbonyl (C=O) groups is 1. The van der Waals surface area contributed by atoms with E-state index in [1.165, 1.54) is 5.56 Å². The Morgan fingerprint density at radius 3 is 2.16 bits per heavy atom. The highest BCUT2D eigenvalue weighted by Gasteiger charge is 2.21. The summed E-state index contributed by atoms with van der Waals surface area (Å²) in [5.41, 5.74) is 2.50. The van der Waals surface area contributed by atoms with Gasteiger partial charge in [0.05, 0.1) is 0 Å². The van der Waals surface area contributed by atoms with Crippen molar-refractivity contribution in [1.82, 2.24) is 9.80 Å². The van der Waals surface area contributed by atoms with Crippen LogP contribution in [0.1, 0.15) is 12.0 Å². The number of para-hydroxylation sites is 1. The number of nitrogens with zero attached hydrogens (tertiary/aromatic N) is 3. The molecule has 25 heavy (non-hydrogen) atoms. The number of piperazine rings is 1. The quantitative estimate of drug-likeness (QED) is 0.811. The Hall–Kier alpha value is -2.33. The number of carbonyl (C=O) groups excluding carboxylic acids is 1. The summed E-state index contributed by atoms with van der Waals surface area (Å²) >= 11 is 0. The van der Waals surface area contributed by atoms with E-state index < -0.39 is 0 Å². The molecule has 3 rings (SSSR count). The van der Waals surface area contributed by atoms with Gasteiger partial charge in [-0.1, -0.05) is 48.5 Å². The molecule has 0 saturated carbocycles. The lowest BCUT2D eigenvalue weighted by atomic mass is 10.2. The molecule has 132 valence electrons. The van der Waals surface area contributed by atoms with Crippen molar-refractivity contribution in [3.8, 4) is 0 Å². The van der Waals surface area contributed by atoms with Gasteiger partial charge in [0.2, 0.25) is 5.91 Å². The minimum atomic E-state index is 0.266. The lowest BCUT2D eigenvalue weighted by Gasteiger charge is -2.35. The first-order valence-electron chi connectivity index (χ1n) is 9.02. The highest BCUT2D eigenvalue weighted by molar-refractivity contribution is 5.77. The molecule has 1 fully saturated rings. The zero-order chi connectivity index (χ0) is 17.5. The van der Waals surface area contributed by atoms with E-state index in [1.54, 1.807) is 0 Å². The van der Waals surface area contributed by atoms with Gasteiger partial charge in [-0.25, -0.2) is 0 Å². The molecule has 1 saturated heterocycles. The molecule has 0 N–H and O–H groups in total. The largest absolute Gasteiger partial charge is 0.374 e. The van der Waals surface area contributed by atoms with Gasteiger partial charge in [0.15, 0.2) is 0 Å². The Balaban J connectivity index is 1.41. The predicted molar refractivity (Wildman–Crippen MR) is 103 cm³/mol. The minimum absolute atomic E-state index is 0.266. The van der Waals surface area contributed by atoms with E-state index in [0.29, 0.717) is 6.42 Å². The number of anilines is 1. The molecular weight excluding hydrogens is 310 g/mol. The fraction of sp³-hybridized carbons (Fsp3) is 0.381. The van der Waals surface area contributed by atoms with E-state index in [2.05, 4.69) is 46.2 Å². The monoisotopic (exact) mass is 337 g/mol. The normalized spacial score (nSPS) is 15.2. The highest BCUT2D eigenvalue weighted by atomic mass is 16.2. The van der Waals surface area contributed by atoms with Crippen molar-refractivity contribution in [1.29, 1.82) is 0 Å². The van der Waals surface area contributed by atoms with Crippen LogP contribution in [0.15, 0.2) is 60.7 Å². The van der Waals surface area contributed by atoms with Gasteiger partial charge in [-0.2, -0.15) is 0 Å². The minimum Gasteiger partial charge on any atom is -0.374 e. The van der Waals surface area contributed by atoms with Crippen molar-refractivity contribution in [2.24, 2.45) is 0 Å². The molecule has 1 heterocycles. The number of rotatable bonds is 6. The molecule has 0 atom stereocenters. The van der Waals surface area contributed by atoms with Gasteiger partial charge in [-0.05, 0) is 17.7 Å². The molecule has 1 amide bonds. The molecule has 1 aliphatic rings. The van der Waals surface area contributed by atoms with E-state index in [1.807, 2.05) is 36.2 Å². The van der Waals surface area contributed by atoms with Gasteiger partial charge in [-0.3, -0.25) is 9.69 Å². The fourth-order valence-electron chi connectivity index (χ4n) is 3.23. The van der Waals surface area contributed by atoms with Crippen LogP contribution < -0.4 is 4.90 Å². The van der Waals surface area contributed by atoms with E-state index in [0.717, 1.165) is 45.0 Å². The maximum Gasteiger partial charge on any atom is 0.224 e. The van der Waals surface area contributed by atoms with Crippen molar-refractivity contribution in [2.75, 3.05) is 44.7 Å². The van der Waals surface area contributed by atoms with Crippen molar-refractivity contribution in [3.05, 3.63) is 66.2 Å². The molecule has 0 spiro atoms. The molecule has 0 bridgehead atoms. The van der Waals surface area contributed by atoms with Crippen LogP contribution in [0.5, 0.6) is 0 Å². The summed E-state index contributed by atoms with van der Waals surface area (Å²) in [6.45, 7) is 5.30. The molecule has 4 nitrogen and oxygen atoms in total. The molecule has 0 unspecified atom stereocenters. The zero-order valence-electron chi connectivity index (χ0n) is 15.0. The van der Waals surface area contributed by atoms with Gasteiger partial charge >= 0.3 is 0 Å². The number of hydrogen-bond donors (Lipinski definition) is 0. The molecule has 0 radical (unpaired) electrons. The van der Waals surface area contributed by atoms with Gasteiger partial charge in [0, 0.05) is 58.4 Å². The van der Waals surface area contributed by atoms with Crippen LogP contribution in [-0.2, 0) is 11.3 Å². The topological polar surface area (TPSA) is 26.8 Å². The van der Waals surface area contributed by atoms with E-state index >= 15 is 0 Å². The summed E-state index contributed by atoms with van der Waals surface area (Å²) in [7, 11) is 2.04. The summed E-state index contributed by atoms with van der Waals surface area (Å²) in [4.78, 5) is 19.1. The molecule has 1 aliphatic heterocycles. The van der Waals surface area contributed by atoms with Gasteiger partial charge in [0.25, 0.3) is 0 Å². The van der Waals surface area contributed by atoms with E-state index in [4.69, 9.17) is 0 Å². The highest BCUT2D eigenvalue weighted by Crippen LogP contribution is 2.13. The number of benzene rings is 2. The van der Waals surface area contributed by atoms with Crippen molar-refractivity contribution < 1.29 is 4.79 Å². The first-order chi connectivity index (χ1) is 12.2. The number of hydrogen-bond acceptors (Lipinski definition) is 3. The standard InChI is InChI=1S/C21H27N3O/c1-22(20-10-6-3-7-11-20)13-12-21(25)24-16-14-23(15-17-24)18-19-8-4-2-5-9-19/h2-11H,12-18H2,1H3. The molecule has 0 aliphatic carbocycles. The zero-order valence-corrected chi connectivity index (χ0v) is 15.0. The third-order valence-electron chi connectivity index (χ3n) is 4.83. The smallest absolute Gasteiger partial charge is 0.224 e. The average Bonchev–Trinajstić information content (AvgIpc) is 2.68. The van der Waals surface area contributed by atoms with Crippen molar-refractivity contribution >= 4 is 11.6 Å². The summed E-state index contributed by atoms with van der Waals surface area (Å²) in [6.07, 6.45) is 0.573. The second kappa shape index (κ2) is 8.67. The Morgan fingerprint density at radius 1 is 0.920 bits per heavy atom. The predicted octanol–water partition coefficient (Wildman–Crippen LogP) is 2.86. The Labute approximate surface area is 150 Å². The van der Waals surface area contributed by atoms with Crippen LogP contribution in [-0.4, -0.2) is 55.5 Å². The Morgan fingerprint density at radius 2 is 1.52 bits per heavy atom. The lowest BCUT2D eigenvalue weighted by molar-refractivity contribution is -0.132. The summed E-state index contributed by atoms with van der Waals surface area (Å²) in [6, 6.07) is 20.8. The summed E-state index contributed by atoms with van der Waals surface area (Å²) in [5.74, 6) is 0.266. The van der Waals surface area contributed by atoms with Crippen molar-refractivity contribution in [2.45, 2.75) is 13.0 Å². The van der Waals surface area contributed by atoms with Gasteiger partial charge in [-0.15, -0.1) is 0 Å². The summed E-state index contributed by atoms with van der Waals surface area (Å²) < 4.78 is 0. The van der Waals surface area contributed by atoms with Crippen LogP contribution in [0, 0.1) is 0 Å². The average molecular weight is 337 g/mol. The lowest BCUT2D eigenvalue weighted by Crippen LogP contribution is -2.48. The van der Waals surface area contributed by atoms with Crippen LogP contribution in [0.3, 0.4) is 0 Å². The number of amides is 1. The first kappa shape index (κ1) is 17.5. The fourth-order valence-corrected chi connectivity index (χ4v) is 3.23. The molecular formula is C21H27N3O. The third kappa shape index (κ3) is 5.07. The van der Waals surface area contributed by atoms with Crippen LogP contribution in [0.4, 0.5) is 5.69 Å². The summed E-state index contributed by atoms with van der Waals surface area (Å²) in [5, 5.41) is 0. The van der Waals surface area contributed by atoms with Gasteiger partial charge < -0.3 is 9.80 Å². The second-order valence-electron chi connectivity index (χ2n) is 6.65.